The lowest BCUT2D eigenvalue weighted by molar-refractivity contribution is -0.142. The van der Waals surface area contributed by atoms with E-state index >= 15 is 0 Å². The molecule has 1 heterocycles. The zero-order chi connectivity index (χ0) is 13.4. The molecule has 1 saturated heterocycles. The smallest absolute Gasteiger partial charge is 0.242 e. The van der Waals surface area contributed by atoms with Gasteiger partial charge < -0.3 is 15.3 Å². The fourth-order valence-corrected chi connectivity index (χ4v) is 2.27. The van der Waals surface area contributed by atoms with Gasteiger partial charge in [-0.3, -0.25) is 9.59 Å². The summed E-state index contributed by atoms with van der Waals surface area (Å²) in [5.41, 5.74) is 0. The molecule has 1 rings (SSSR count). The van der Waals surface area contributed by atoms with Crippen molar-refractivity contribution >= 4 is 11.8 Å². The molecule has 18 heavy (non-hydrogen) atoms. The fraction of sp³-hybridized carbons (Fsp3) is 0.846. The SMILES string of the molecule is CCCC(=O)N1CCCCC1C(=O)NCCCO. The Morgan fingerprint density at radius 2 is 2.17 bits per heavy atom. The molecule has 0 aliphatic carbocycles. The summed E-state index contributed by atoms with van der Waals surface area (Å²) in [5, 5.41) is 11.5. The highest BCUT2D eigenvalue weighted by molar-refractivity contribution is 5.87. The van der Waals surface area contributed by atoms with E-state index in [1.807, 2.05) is 6.92 Å². The third-order valence-electron chi connectivity index (χ3n) is 3.22. The van der Waals surface area contributed by atoms with Crippen LogP contribution in [0.3, 0.4) is 0 Å². The van der Waals surface area contributed by atoms with Crippen LogP contribution in [0.4, 0.5) is 0 Å². The molecule has 1 atom stereocenters. The molecule has 2 amide bonds. The third kappa shape index (κ3) is 4.29. The van der Waals surface area contributed by atoms with Gasteiger partial charge in [-0.2, -0.15) is 0 Å². The molecule has 0 spiro atoms. The van der Waals surface area contributed by atoms with Gasteiger partial charge >= 0.3 is 0 Å². The van der Waals surface area contributed by atoms with Crippen LogP contribution in [0.2, 0.25) is 0 Å². The van der Waals surface area contributed by atoms with Gasteiger partial charge in [-0.05, 0) is 32.1 Å². The molecular formula is C13H24N2O3. The van der Waals surface area contributed by atoms with E-state index in [9.17, 15) is 9.59 Å². The summed E-state index contributed by atoms with van der Waals surface area (Å²) in [4.78, 5) is 25.7. The van der Waals surface area contributed by atoms with Crippen LogP contribution in [-0.2, 0) is 9.59 Å². The Hall–Kier alpha value is -1.10. The van der Waals surface area contributed by atoms with Crippen molar-refractivity contribution in [3.05, 3.63) is 0 Å². The van der Waals surface area contributed by atoms with Crippen molar-refractivity contribution in [2.24, 2.45) is 0 Å². The van der Waals surface area contributed by atoms with E-state index in [-0.39, 0.29) is 24.5 Å². The van der Waals surface area contributed by atoms with Gasteiger partial charge in [0.15, 0.2) is 0 Å². The Morgan fingerprint density at radius 3 is 2.83 bits per heavy atom. The van der Waals surface area contributed by atoms with Crippen molar-refractivity contribution in [1.29, 1.82) is 0 Å². The zero-order valence-electron chi connectivity index (χ0n) is 11.2. The molecule has 104 valence electrons. The number of hydrogen-bond acceptors (Lipinski definition) is 3. The second kappa shape index (κ2) is 8.08. The number of aliphatic hydroxyl groups is 1. The van der Waals surface area contributed by atoms with E-state index < -0.39 is 0 Å². The molecule has 2 N–H and O–H groups in total. The van der Waals surface area contributed by atoms with Crippen LogP contribution in [0, 0.1) is 0 Å². The summed E-state index contributed by atoms with van der Waals surface area (Å²) in [5.74, 6) is 0.00658. The first-order valence-electron chi connectivity index (χ1n) is 6.88. The predicted molar refractivity (Wildman–Crippen MR) is 69.0 cm³/mol. The van der Waals surface area contributed by atoms with E-state index in [1.54, 1.807) is 4.90 Å². The number of piperidine rings is 1. The summed E-state index contributed by atoms with van der Waals surface area (Å²) in [7, 11) is 0. The van der Waals surface area contributed by atoms with E-state index in [0.29, 0.717) is 25.9 Å². The second-order valence-corrected chi connectivity index (χ2v) is 4.72. The molecule has 0 bridgehead atoms. The quantitative estimate of drug-likeness (QED) is 0.686. The van der Waals surface area contributed by atoms with Crippen LogP contribution >= 0.6 is 0 Å². The summed E-state index contributed by atoms with van der Waals surface area (Å²) in [6.07, 6.45) is 4.61. The number of aliphatic hydroxyl groups excluding tert-OH is 1. The average molecular weight is 256 g/mol. The maximum atomic E-state index is 12.0. The molecule has 0 aromatic rings. The molecule has 5 nitrogen and oxygen atoms in total. The molecule has 1 aliphatic heterocycles. The molecule has 0 aromatic heterocycles. The van der Waals surface area contributed by atoms with Crippen molar-refractivity contribution < 1.29 is 14.7 Å². The van der Waals surface area contributed by atoms with Gasteiger partial charge in [-0.25, -0.2) is 0 Å². The number of rotatable bonds is 6. The largest absolute Gasteiger partial charge is 0.396 e. The van der Waals surface area contributed by atoms with E-state index in [4.69, 9.17) is 5.11 Å². The van der Waals surface area contributed by atoms with Gasteiger partial charge in [0.2, 0.25) is 11.8 Å². The van der Waals surface area contributed by atoms with Gasteiger partial charge in [0, 0.05) is 26.1 Å². The predicted octanol–water partition coefficient (Wildman–Crippen LogP) is 0.666. The number of likely N-dealkylation sites (tertiary alicyclic amines) is 1. The lowest BCUT2D eigenvalue weighted by atomic mass is 10.0. The van der Waals surface area contributed by atoms with Gasteiger partial charge in [0.05, 0.1) is 0 Å². The minimum absolute atomic E-state index is 0.0728. The van der Waals surface area contributed by atoms with Crippen molar-refractivity contribution in [2.75, 3.05) is 19.7 Å². The van der Waals surface area contributed by atoms with Crippen molar-refractivity contribution in [1.82, 2.24) is 10.2 Å². The number of hydrogen-bond donors (Lipinski definition) is 2. The molecule has 5 heteroatoms. The van der Waals surface area contributed by atoms with Crippen LogP contribution in [0.15, 0.2) is 0 Å². The topological polar surface area (TPSA) is 69.6 Å². The van der Waals surface area contributed by atoms with Crippen molar-refractivity contribution in [2.45, 2.75) is 51.5 Å². The van der Waals surface area contributed by atoms with Crippen LogP contribution in [0.5, 0.6) is 0 Å². The van der Waals surface area contributed by atoms with Gasteiger partial charge in [0.1, 0.15) is 6.04 Å². The highest BCUT2D eigenvalue weighted by Crippen LogP contribution is 2.18. The highest BCUT2D eigenvalue weighted by atomic mass is 16.3. The molecule has 0 saturated carbocycles. The Kier molecular flexibility index (Phi) is 6.72. The number of nitrogens with one attached hydrogen (secondary N) is 1. The van der Waals surface area contributed by atoms with Crippen LogP contribution < -0.4 is 5.32 Å². The molecule has 0 radical (unpaired) electrons. The van der Waals surface area contributed by atoms with Gasteiger partial charge in [-0.15, -0.1) is 0 Å². The number of carbonyl (C=O) groups is 2. The summed E-state index contributed by atoms with van der Waals surface area (Å²) in [6.45, 7) is 3.21. The van der Waals surface area contributed by atoms with Gasteiger partial charge in [-0.1, -0.05) is 6.92 Å². The normalized spacial score (nSPS) is 19.7. The van der Waals surface area contributed by atoms with Crippen LogP contribution in [-0.4, -0.2) is 47.6 Å². The lowest BCUT2D eigenvalue weighted by Crippen LogP contribution is -2.52. The first kappa shape index (κ1) is 15.0. The van der Waals surface area contributed by atoms with Crippen LogP contribution in [0.1, 0.15) is 45.4 Å². The maximum absolute atomic E-state index is 12.0. The number of nitrogens with zero attached hydrogens (tertiary/aromatic N) is 1. The van der Waals surface area contributed by atoms with Gasteiger partial charge in [0.25, 0.3) is 0 Å². The molecule has 0 aromatic carbocycles. The molecule has 1 fully saturated rings. The number of carbonyl (C=O) groups excluding carboxylic acids is 2. The maximum Gasteiger partial charge on any atom is 0.242 e. The molecule has 1 unspecified atom stereocenters. The zero-order valence-corrected chi connectivity index (χ0v) is 11.2. The monoisotopic (exact) mass is 256 g/mol. The first-order chi connectivity index (χ1) is 8.70. The molecular weight excluding hydrogens is 232 g/mol. The average Bonchev–Trinajstić information content (AvgIpc) is 2.39. The Balaban J connectivity index is 2.52. The Bertz CT molecular complexity index is 281. The van der Waals surface area contributed by atoms with E-state index in [0.717, 1.165) is 25.7 Å². The van der Waals surface area contributed by atoms with E-state index in [2.05, 4.69) is 5.32 Å². The van der Waals surface area contributed by atoms with Crippen LogP contribution in [0.25, 0.3) is 0 Å². The highest BCUT2D eigenvalue weighted by Gasteiger charge is 2.31. The Morgan fingerprint density at radius 1 is 1.39 bits per heavy atom. The third-order valence-corrected chi connectivity index (χ3v) is 3.22. The summed E-state index contributed by atoms with van der Waals surface area (Å²) >= 11 is 0. The summed E-state index contributed by atoms with van der Waals surface area (Å²) in [6, 6.07) is -0.309. The summed E-state index contributed by atoms with van der Waals surface area (Å²) < 4.78 is 0. The van der Waals surface area contributed by atoms with Crippen molar-refractivity contribution in [3.63, 3.8) is 0 Å². The Labute approximate surface area is 109 Å². The lowest BCUT2D eigenvalue weighted by Gasteiger charge is -2.34. The second-order valence-electron chi connectivity index (χ2n) is 4.72. The number of amides is 2. The minimum Gasteiger partial charge on any atom is -0.396 e. The minimum atomic E-state index is -0.309. The standard InChI is InChI=1S/C13H24N2O3/c1-2-6-12(17)15-9-4-3-7-11(15)13(18)14-8-5-10-16/h11,16H,2-10H2,1H3,(H,14,18). The first-order valence-corrected chi connectivity index (χ1v) is 6.88. The molecule has 1 aliphatic rings. The fourth-order valence-electron chi connectivity index (χ4n) is 2.27. The van der Waals surface area contributed by atoms with E-state index in [1.165, 1.54) is 0 Å². The van der Waals surface area contributed by atoms with Crippen molar-refractivity contribution in [3.8, 4) is 0 Å².